The average Bonchev–Trinajstić information content (AvgIpc) is 2.56. The summed E-state index contributed by atoms with van der Waals surface area (Å²) in [5.41, 5.74) is 1.13. The van der Waals surface area contributed by atoms with Gasteiger partial charge in [-0.15, -0.1) is 0 Å². The molecule has 1 fully saturated rings. The van der Waals surface area contributed by atoms with E-state index in [2.05, 4.69) is 10.6 Å². The second kappa shape index (κ2) is 4.85. The zero-order valence-electron chi connectivity index (χ0n) is 11.1. The van der Waals surface area contributed by atoms with E-state index in [1.807, 2.05) is 31.2 Å². The smallest absolute Gasteiger partial charge is 0.319 e. The fraction of sp³-hybridized carbons (Fsp3) is 0.462. The number of carbonyl (C=O) groups excluding carboxylic acids is 1. The molecule has 0 spiro atoms. The molecular formula is C13H18N2O3S. The minimum Gasteiger partial charge on any atom is -0.332 e. The van der Waals surface area contributed by atoms with Gasteiger partial charge in [-0.3, -0.25) is 0 Å². The zero-order valence-corrected chi connectivity index (χ0v) is 11.9. The van der Waals surface area contributed by atoms with Crippen molar-refractivity contribution in [2.75, 3.05) is 16.8 Å². The van der Waals surface area contributed by atoms with Gasteiger partial charge in [0, 0.05) is 5.69 Å². The summed E-state index contributed by atoms with van der Waals surface area (Å²) >= 11 is 0. The quantitative estimate of drug-likeness (QED) is 0.867. The summed E-state index contributed by atoms with van der Waals surface area (Å²) in [6, 6.07) is 7.04. The van der Waals surface area contributed by atoms with Crippen molar-refractivity contribution in [1.29, 1.82) is 0 Å². The highest BCUT2D eigenvalue weighted by molar-refractivity contribution is 7.91. The maximum absolute atomic E-state index is 11.9. The van der Waals surface area contributed by atoms with Crippen molar-refractivity contribution < 1.29 is 13.2 Å². The maximum Gasteiger partial charge on any atom is 0.319 e. The Morgan fingerprint density at radius 1 is 1.26 bits per heavy atom. The van der Waals surface area contributed by atoms with Gasteiger partial charge in [-0.1, -0.05) is 17.7 Å². The lowest BCUT2D eigenvalue weighted by atomic mass is 10.0. The number of anilines is 1. The van der Waals surface area contributed by atoms with Gasteiger partial charge in [-0.05, 0) is 32.4 Å². The Labute approximate surface area is 113 Å². The van der Waals surface area contributed by atoms with Crippen molar-refractivity contribution in [2.45, 2.75) is 25.8 Å². The highest BCUT2D eigenvalue weighted by Gasteiger charge is 2.39. The van der Waals surface area contributed by atoms with Crippen LogP contribution in [0.2, 0.25) is 0 Å². The molecule has 1 saturated heterocycles. The monoisotopic (exact) mass is 282 g/mol. The van der Waals surface area contributed by atoms with E-state index in [1.54, 1.807) is 6.92 Å². The van der Waals surface area contributed by atoms with Gasteiger partial charge in [-0.2, -0.15) is 0 Å². The number of rotatable bonds is 2. The van der Waals surface area contributed by atoms with Gasteiger partial charge >= 0.3 is 6.03 Å². The Bertz CT molecular complexity index is 580. The second-order valence-electron chi connectivity index (χ2n) is 5.35. The van der Waals surface area contributed by atoms with Crippen molar-refractivity contribution in [3.8, 4) is 0 Å². The van der Waals surface area contributed by atoms with E-state index in [-0.39, 0.29) is 17.5 Å². The molecule has 19 heavy (non-hydrogen) atoms. The lowest BCUT2D eigenvalue weighted by Gasteiger charge is -2.24. The molecule has 104 valence electrons. The van der Waals surface area contributed by atoms with Gasteiger partial charge in [-0.25, -0.2) is 13.2 Å². The van der Waals surface area contributed by atoms with Gasteiger partial charge < -0.3 is 10.6 Å². The van der Waals surface area contributed by atoms with Crippen LogP contribution in [0.25, 0.3) is 0 Å². The van der Waals surface area contributed by atoms with Gasteiger partial charge in [0.25, 0.3) is 0 Å². The highest BCUT2D eigenvalue weighted by atomic mass is 32.2. The van der Waals surface area contributed by atoms with Crippen molar-refractivity contribution >= 4 is 21.6 Å². The van der Waals surface area contributed by atoms with Gasteiger partial charge in [0.2, 0.25) is 0 Å². The van der Waals surface area contributed by atoms with Crippen LogP contribution in [0.5, 0.6) is 0 Å². The number of hydrogen-bond donors (Lipinski definition) is 2. The Morgan fingerprint density at radius 3 is 2.42 bits per heavy atom. The fourth-order valence-corrected chi connectivity index (χ4v) is 4.28. The molecule has 1 heterocycles. The molecule has 0 bridgehead atoms. The van der Waals surface area contributed by atoms with Crippen LogP contribution >= 0.6 is 0 Å². The molecule has 2 amide bonds. The summed E-state index contributed by atoms with van der Waals surface area (Å²) in [4.78, 5) is 11.9. The van der Waals surface area contributed by atoms with Crippen LogP contribution < -0.4 is 10.6 Å². The van der Waals surface area contributed by atoms with Crippen molar-refractivity contribution in [3.63, 3.8) is 0 Å². The zero-order chi connectivity index (χ0) is 14.1. The normalized spacial score (nSPS) is 24.9. The number of carbonyl (C=O) groups is 1. The van der Waals surface area contributed by atoms with E-state index in [1.165, 1.54) is 0 Å². The minimum atomic E-state index is -3.02. The van der Waals surface area contributed by atoms with E-state index < -0.39 is 15.4 Å². The second-order valence-corrected chi connectivity index (χ2v) is 7.53. The van der Waals surface area contributed by atoms with Crippen LogP contribution in [-0.4, -0.2) is 31.5 Å². The molecular weight excluding hydrogens is 264 g/mol. The van der Waals surface area contributed by atoms with Crippen LogP contribution in [0.15, 0.2) is 24.3 Å². The van der Waals surface area contributed by atoms with Crippen LogP contribution in [0, 0.1) is 6.92 Å². The summed E-state index contributed by atoms with van der Waals surface area (Å²) in [7, 11) is -3.02. The summed E-state index contributed by atoms with van der Waals surface area (Å²) in [5.74, 6) is 0.135. The predicted octanol–water partition coefficient (Wildman–Crippen LogP) is 1.69. The first kappa shape index (κ1) is 13.9. The summed E-state index contributed by atoms with van der Waals surface area (Å²) < 4.78 is 22.9. The molecule has 0 aromatic heterocycles. The summed E-state index contributed by atoms with van der Waals surface area (Å²) in [6.07, 6.45) is 0.455. The van der Waals surface area contributed by atoms with Crippen molar-refractivity contribution in [3.05, 3.63) is 29.8 Å². The van der Waals surface area contributed by atoms with Crippen molar-refractivity contribution in [1.82, 2.24) is 5.32 Å². The first-order valence-electron chi connectivity index (χ1n) is 6.14. The van der Waals surface area contributed by atoms with Crippen LogP contribution in [0.1, 0.15) is 18.9 Å². The first-order chi connectivity index (χ1) is 8.78. The summed E-state index contributed by atoms with van der Waals surface area (Å²) in [6.45, 7) is 3.72. The molecule has 1 aromatic rings. The topological polar surface area (TPSA) is 75.3 Å². The number of nitrogens with one attached hydrogen (secondary N) is 2. The predicted molar refractivity (Wildman–Crippen MR) is 75.0 cm³/mol. The van der Waals surface area contributed by atoms with Gasteiger partial charge in [0.15, 0.2) is 9.84 Å². The lowest BCUT2D eigenvalue weighted by molar-refractivity contribution is 0.242. The number of amides is 2. The molecule has 6 heteroatoms. The lowest BCUT2D eigenvalue weighted by Crippen LogP contribution is -2.48. The van der Waals surface area contributed by atoms with Crippen LogP contribution in [-0.2, 0) is 9.84 Å². The van der Waals surface area contributed by atoms with Gasteiger partial charge in [0.05, 0.1) is 17.0 Å². The van der Waals surface area contributed by atoms with Crippen molar-refractivity contribution in [2.24, 2.45) is 0 Å². The van der Waals surface area contributed by atoms with E-state index in [0.717, 1.165) is 5.56 Å². The SMILES string of the molecule is Cc1ccc(NC(=O)N[C@@]2(C)CCS(=O)(=O)C2)cc1. The molecule has 0 aliphatic carbocycles. The molecule has 0 radical (unpaired) electrons. The molecule has 1 aliphatic heterocycles. The van der Waals surface area contributed by atoms with Crippen LogP contribution in [0.3, 0.4) is 0 Å². The third-order valence-corrected chi connectivity index (χ3v) is 5.13. The van der Waals surface area contributed by atoms with E-state index in [9.17, 15) is 13.2 Å². The molecule has 2 N–H and O–H groups in total. The Balaban J connectivity index is 1.97. The summed E-state index contributed by atoms with van der Waals surface area (Å²) in [5, 5.41) is 5.45. The standard InChI is InChI=1S/C13H18N2O3S/c1-10-3-5-11(6-4-10)14-12(16)15-13(2)7-8-19(17,18)9-13/h3-6H,7-9H2,1-2H3,(H2,14,15,16)/t13-/m0/s1. The van der Waals surface area contributed by atoms with E-state index in [4.69, 9.17) is 0 Å². The van der Waals surface area contributed by atoms with E-state index >= 15 is 0 Å². The molecule has 0 saturated carbocycles. The Kier molecular flexibility index (Phi) is 3.54. The highest BCUT2D eigenvalue weighted by Crippen LogP contribution is 2.22. The van der Waals surface area contributed by atoms with Gasteiger partial charge in [0.1, 0.15) is 0 Å². The molecule has 1 aromatic carbocycles. The fourth-order valence-electron chi connectivity index (χ4n) is 2.18. The third-order valence-electron chi connectivity index (χ3n) is 3.23. The van der Waals surface area contributed by atoms with E-state index in [0.29, 0.717) is 12.1 Å². The third kappa shape index (κ3) is 3.70. The largest absolute Gasteiger partial charge is 0.332 e. The average molecular weight is 282 g/mol. The minimum absolute atomic E-state index is 0.00131. The number of sulfone groups is 1. The number of urea groups is 1. The molecule has 1 atom stereocenters. The number of hydrogen-bond acceptors (Lipinski definition) is 3. The maximum atomic E-state index is 11.9. The molecule has 5 nitrogen and oxygen atoms in total. The van der Waals surface area contributed by atoms with Crippen LogP contribution in [0.4, 0.5) is 10.5 Å². The molecule has 1 aliphatic rings. The number of benzene rings is 1. The molecule has 0 unspecified atom stereocenters. The Morgan fingerprint density at radius 2 is 1.89 bits per heavy atom. The Hall–Kier alpha value is -1.56. The first-order valence-corrected chi connectivity index (χ1v) is 7.96. The number of aryl methyl sites for hydroxylation is 1. The molecule has 2 rings (SSSR count).